The molecule has 2 N–H and O–H groups in total. The van der Waals surface area contributed by atoms with Crippen molar-refractivity contribution in [2.45, 2.75) is 38.2 Å². The molecule has 0 radical (unpaired) electrons. The lowest BCUT2D eigenvalue weighted by Gasteiger charge is -2.28. The number of hydrogen-bond donors (Lipinski definition) is 2. The fourth-order valence-corrected chi connectivity index (χ4v) is 5.65. The van der Waals surface area contributed by atoms with Crippen LogP contribution in [0.5, 0.6) is 0 Å². The zero-order chi connectivity index (χ0) is 26.6. The number of aromatic amines is 2. The summed E-state index contributed by atoms with van der Waals surface area (Å²) in [5, 5.41) is 7.50. The van der Waals surface area contributed by atoms with Crippen molar-refractivity contribution in [3.05, 3.63) is 48.4 Å². The van der Waals surface area contributed by atoms with Crippen LogP contribution in [0.25, 0.3) is 44.7 Å². The van der Waals surface area contributed by atoms with Crippen LogP contribution in [0.1, 0.15) is 31.2 Å². The van der Waals surface area contributed by atoms with Gasteiger partial charge >= 0.3 is 0 Å². The second-order valence-electron chi connectivity index (χ2n) is 10.4. The van der Waals surface area contributed by atoms with Gasteiger partial charge in [0.2, 0.25) is 0 Å². The predicted octanol–water partition coefficient (Wildman–Crippen LogP) is 4.93. The number of nitrogens with one attached hydrogen (secondary N) is 2. The van der Waals surface area contributed by atoms with E-state index < -0.39 is 11.7 Å². The van der Waals surface area contributed by atoms with E-state index in [1.54, 1.807) is 23.4 Å². The molecule has 0 spiro atoms. The minimum atomic E-state index is -2.68. The quantitative estimate of drug-likeness (QED) is 0.330. The van der Waals surface area contributed by atoms with Gasteiger partial charge in [-0.1, -0.05) is 0 Å². The van der Waals surface area contributed by atoms with Gasteiger partial charge in [0.15, 0.2) is 11.6 Å². The van der Waals surface area contributed by atoms with Crippen molar-refractivity contribution >= 4 is 27.6 Å². The van der Waals surface area contributed by atoms with Gasteiger partial charge in [-0.05, 0) is 30.9 Å². The molecule has 0 aliphatic carbocycles. The smallest absolute Gasteiger partial charge is 0.261 e. The van der Waals surface area contributed by atoms with Crippen molar-refractivity contribution in [3.8, 4) is 22.8 Å². The number of hydrogen-bond acceptors (Lipinski definition) is 7. The molecule has 0 bridgehead atoms. The number of likely N-dealkylation sites (tertiary alicyclic amines) is 1. The molecule has 9 nitrogen and oxygen atoms in total. The fourth-order valence-electron chi connectivity index (χ4n) is 5.65. The Bertz CT molecular complexity index is 1670. The van der Waals surface area contributed by atoms with Crippen LogP contribution >= 0.6 is 0 Å². The summed E-state index contributed by atoms with van der Waals surface area (Å²) in [6.45, 7) is 2.22. The summed E-state index contributed by atoms with van der Waals surface area (Å²) in [5.74, 6) is -2.80. The predicted molar refractivity (Wildman–Crippen MR) is 141 cm³/mol. The highest BCUT2D eigenvalue weighted by atomic mass is 19.3. The van der Waals surface area contributed by atoms with E-state index in [4.69, 9.17) is 4.98 Å². The van der Waals surface area contributed by atoms with Gasteiger partial charge in [-0.25, -0.2) is 18.2 Å². The number of piperidine rings is 1. The van der Waals surface area contributed by atoms with Crippen molar-refractivity contribution in [1.82, 2.24) is 40.0 Å². The van der Waals surface area contributed by atoms with Gasteiger partial charge in [0.05, 0.1) is 47.2 Å². The minimum absolute atomic E-state index is 0.109. The Morgan fingerprint density at radius 3 is 2.59 bits per heavy atom. The molecular weight excluding hydrogens is 507 g/mol. The molecule has 5 aromatic heterocycles. The van der Waals surface area contributed by atoms with Crippen LogP contribution in [0.15, 0.2) is 37.1 Å². The lowest BCUT2D eigenvalue weighted by Crippen LogP contribution is -2.29. The summed E-state index contributed by atoms with van der Waals surface area (Å²) in [6.07, 6.45) is 11.5. The van der Waals surface area contributed by atoms with Gasteiger partial charge in [-0.3, -0.25) is 25.0 Å². The van der Waals surface area contributed by atoms with Crippen molar-refractivity contribution in [2.75, 3.05) is 31.1 Å². The van der Waals surface area contributed by atoms with Crippen LogP contribution in [0.3, 0.4) is 0 Å². The molecule has 0 atom stereocenters. The van der Waals surface area contributed by atoms with Crippen LogP contribution in [0.4, 0.5) is 18.9 Å². The van der Waals surface area contributed by atoms with Crippen LogP contribution in [-0.2, 0) is 6.54 Å². The highest BCUT2D eigenvalue weighted by Gasteiger charge is 2.38. The number of H-pyrrole nitrogens is 2. The lowest BCUT2D eigenvalue weighted by molar-refractivity contribution is 0.0115. The van der Waals surface area contributed by atoms with Crippen LogP contribution in [0, 0.1) is 5.82 Å². The molecule has 12 heteroatoms. The summed E-state index contributed by atoms with van der Waals surface area (Å²) < 4.78 is 43.3. The number of pyridine rings is 3. The minimum Gasteiger partial charge on any atom is -0.368 e. The first-order valence-corrected chi connectivity index (χ1v) is 13.1. The topological polar surface area (TPSA) is 103 Å². The summed E-state index contributed by atoms with van der Waals surface area (Å²) in [4.78, 5) is 25.0. The van der Waals surface area contributed by atoms with E-state index in [2.05, 4.69) is 35.0 Å². The molecule has 0 amide bonds. The second-order valence-corrected chi connectivity index (χ2v) is 10.4. The molecule has 0 unspecified atom stereocenters. The number of rotatable bonds is 5. The van der Waals surface area contributed by atoms with E-state index in [1.807, 2.05) is 6.20 Å². The van der Waals surface area contributed by atoms with Crippen molar-refractivity contribution in [1.29, 1.82) is 0 Å². The van der Waals surface area contributed by atoms with Crippen LogP contribution in [0.2, 0.25) is 0 Å². The molecule has 39 heavy (non-hydrogen) atoms. The average Bonchev–Trinajstić information content (AvgIpc) is 3.65. The Hall–Kier alpha value is -4.06. The summed E-state index contributed by atoms with van der Waals surface area (Å²) >= 11 is 0. The van der Waals surface area contributed by atoms with Gasteiger partial charge in [-0.2, -0.15) is 5.10 Å². The Balaban J connectivity index is 1.25. The second kappa shape index (κ2) is 9.30. The average molecular weight is 534 g/mol. The largest absolute Gasteiger partial charge is 0.368 e. The van der Waals surface area contributed by atoms with Gasteiger partial charge in [0.25, 0.3) is 5.92 Å². The van der Waals surface area contributed by atoms with E-state index in [0.29, 0.717) is 41.3 Å². The van der Waals surface area contributed by atoms with Gasteiger partial charge in [0, 0.05) is 50.6 Å². The van der Waals surface area contributed by atoms with Gasteiger partial charge in [0.1, 0.15) is 16.9 Å². The van der Waals surface area contributed by atoms with Crippen LogP contribution in [-0.4, -0.2) is 72.1 Å². The molecule has 2 saturated heterocycles. The monoisotopic (exact) mass is 533 g/mol. The van der Waals surface area contributed by atoms with E-state index in [0.717, 1.165) is 42.7 Å². The highest BCUT2D eigenvalue weighted by Crippen LogP contribution is 2.35. The van der Waals surface area contributed by atoms with E-state index in [1.165, 1.54) is 18.8 Å². The molecule has 0 aromatic carbocycles. The number of halogens is 3. The fraction of sp³-hybridized carbons (Fsp3) is 0.370. The molecule has 200 valence electrons. The SMILES string of the molecule is Fc1c(-c2cncc(CN3CCC(F)(F)C3)c2)ncc2[nH]nc(-c3nc4c(N5CCCCC5)cncc4[nH]3)c12. The third-order valence-corrected chi connectivity index (χ3v) is 7.56. The molecule has 5 aromatic rings. The lowest BCUT2D eigenvalue weighted by atomic mass is 10.1. The summed E-state index contributed by atoms with van der Waals surface area (Å²) in [6, 6.07) is 1.75. The maximum atomic E-state index is 16.1. The molecule has 0 saturated carbocycles. The highest BCUT2D eigenvalue weighted by molar-refractivity contribution is 5.97. The first-order chi connectivity index (χ1) is 18.9. The normalized spacial score (nSPS) is 18.0. The van der Waals surface area contributed by atoms with Crippen molar-refractivity contribution in [2.24, 2.45) is 0 Å². The maximum absolute atomic E-state index is 16.1. The van der Waals surface area contributed by atoms with Crippen molar-refractivity contribution < 1.29 is 13.2 Å². The van der Waals surface area contributed by atoms with Crippen LogP contribution < -0.4 is 4.90 Å². The number of aromatic nitrogens is 7. The Kier molecular flexibility index (Phi) is 5.72. The van der Waals surface area contributed by atoms with E-state index in [9.17, 15) is 8.78 Å². The number of anilines is 1. The van der Waals surface area contributed by atoms with Gasteiger partial charge < -0.3 is 9.88 Å². The van der Waals surface area contributed by atoms with E-state index >= 15 is 4.39 Å². The molecule has 7 heterocycles. The Labute approximate surface area is 221 Å². The number of alkyl halides is 2. The first-order valence-electron chi connectivity index (χ1n) is 13.1. The number of nitrogens with zero attached hydrogens (tertiary/aromatic N) is 7. The molecule has 2 fully saturated rings. The summed E-state index contributed by atoms with van der Waals surface area (Å²) in [7, 11) is 0. The number of imidazole rings is 1. The molecular formula is C27H26F3N9. The van der Waals surface area contributed by atoms with Gasteiger partial charge in [-0.15, -0.1) is 0 Å². The first kappa shape index (κ1) is 24.0. The maximum Gasteiger partial charge on any atom is 0.261 e. The molecule has 7 rings (SSSR count). The van der Waals surface area contributed by atoms with E-state index in [-0.39, 0.29) is 24.0 Å². The zero-order valence-corrected chi connectivity index (χ0v) is 21.1. The Morgan fingerprint density at radius 1 is 0.923 bits per heavy atom. The third kappa shape index (κ3) is 4.38. The zero-order valence-electron chi connectivity index (χ0n) is 21.1. The Morgan fingerprint density at radius 2 is 1.77 bits per heavy atom. The molecule has 2 aliphatic rings. The number of fused-ring (bicyclic) bond motifs is 2. The standard InChI is InChI=1S/C27H26F3N9/c28-22-21-18(12-33-23(22)17-8-16(9-31-10-17)14-38-7-4-27(29,30)15-38)36-37-25(21)26-34-19-11-32-13-20(24(19)35-26)39-5-2-1-3-6-39/h8-13H,1-7,14-15H2,(H,34,35)(H,36,37). The molecule has 2 aliphatic heterocycles. The van der Waals surface area contributed by atoms with Crippen molar-refractivity contribution in [3.63, 3.8) is 0 Å². The third-order valence-electron chi connectivity index (χ3n) is 7.56. The summed E-state index contributed by atoms with van der Waals surface area (Å²) in [5.41, 5.74) is 4.55.